The van der Waals surface area contributed by atoms with Gasteiger partial charge >= 0.3 is 0 Å². The van der Waals surface area contributed by atoms with Crippen LogP contribution < -0.4 is 0 Å². The number of hydrogen-bond acceptors (Lipinski definition) is 3. The molecule has 17 heavy (non-hydrogen) atoms. The van der Waals surface area contributed by atoms with Gasteiger partial charge in [-0.1, -0.05) is 12.1 Å². The minimum Gasteiger partial charge on any atom is -0.506 e. The molecule has 0 aliphatic heterocycles. The lowest BCUT2D eigenvalue weighted by molar-refractivity contribution is 0.472. The molecule has 3 heteroatoms. The maximum Gasteiger partial charge on any atom is 0.133 e. The van der Waals surface area contributed by atoms with Crippen LogP contribution in [0.3, 0.4) is 0 Å². The minimum absolute atomic E-state index is 0.187. The van der Waals surface area contributed by atoms with E-state index in [2.05, 4.69) is 11.1 Å². The lowest BCUT2D eigenvalue weighted by atomic mass is 10.1. The summed E-state index contributed by atoms with van der Waals surface area (Å²) in [4.78, 5) is 4.12. The fourth-order valence-electron chi connectivity index (χ4n) is 1.58. The van der Waals surface area contributed by atoms with Gasteiger partial charge < -0.3 is 5.11 Å². The Morgan fingerprint density at radius 1 is 1.06 bits per heavy atom. The molecule has 1 heterocycles. The Hall–Kier alpha value is -2.34. The van der Waals surface area contributed by atoms with Crippen molar-refractivity contribution in [2.75, 3.05) is 0 Å². The molecule has 0 fully saturated rings. The highest BCUT2D eigenvalue weighted by atomic mass is 16.3. The molecule has 0 saturated heterocycles. The van der Waals surface area contributed by atoms with Crippen molar-refractivity contribution in [1.29, 1.82) is 5.26 Å². The van der Waals surface area contributed by atoms with Crippen molar-refractivity contribution in [3.8, 4) is 11.8 Å². The average Bonchev–Trinajstić information content (AvgIpc) is 2.39. The first kappa shape index (κ1) is 11.2. The molecule has 0 amide bonds. The van der Waals surface area contributed by atoms with Crippen molar-refractivity contribution in [3.63, 3.8) is 0 Å². The van der Waals surface area contributed by atoms with Gasteiger partial charge in [-0.25, -0.2) is 0 Å². The van der Waals surface area contributed by atoms with Crippen molar-refractivity contribution in [2.45, 2.75) is 12.8 Å². The van der Waals surface area contributed by atoms with Gasteiger partial charge in [-0.15, -0.1) is 0 Å². The van der Waals surface area contributed by atoms with Crippen LogP contribution in [0.1, 0.15) is 16.8 Å². The number of nitrogens with zero attached hydrogens (tertiary/aromatic N) is 2. The van der Waals surface area contributed by atoms with Crippen molar-refractivity contribution >= 4 is 0 Å². The Morgan fingerprint density at radius 2 is 1.82 bits per heavy atom. The van der Waals surface area contributed by atoms with Gasteiger partial charge in [-0.2, -0.15) is 5.26 Å². The zero-order chi connectivity index (χ0) is 12.1. The molecule has 0 aliphatic rings. The maximum absolute atomic E-state index is 9.11. The highest BCUT2D eigenvalue weighted by molar-refractivity contribution is 5.32. The monoisotopic (exact) mass is 224 g/mol. The van der Waals surface area contributed by atoms with Gasteiger partial charge in [-0.3, -0.25) is 4.98 Å². The molecule has 1 aromatic heterocycles. The first-order chi connectivity index (χ1) is 8.28. The summed E-state index contributed by atoms with van der Waals surface area (Å²) in [6.45, 7) is 0. The number of benzene rings is 1. The Morgan fingerprint density at radius 3 is 2.41 bits per heavy atom. The van der Waals surface area contributed by atoms with Crippen LogP contribution in [-0.4, -0.2) is 10.1 Å². The molecule has 0 unspecified atom stereocenters. The standard InChI is InChI=1S/C14H12N2O/c15-9-12-3-1-11(2-4-12)5-6-13-7-8-14(17)10-16-13/h1-4,7-8,10,17H,5-6H2. The maximum atomic E-state index is 9.11. The molecule has 2 aromatic rings. The predicted molar refractivity (Wildman–Crippen MR) is 64.5 cm³/mol. The van der Waals surface area contributed by atoms with Crippen LogP contribution in [0, 0.1) is 11.3 Å². The molecule has 0 radical (unpaired) electrons. The highest BCUT2D eigenvalue weighted by Crippen LogP contribution is 2.10. The van der Waals surface area contributed by atoms with Crippen LogP contribution in [-0.2, 0) is 12.8 Å². The summed E-state index contributed by atoms with van der Waals surface area (Å²) in [5, 5.41) is 17.8. The lowest BCUT2D eigenvalue weighted by Gasteiger charge is -2.01. The van der Waals surface area contributed by atoms with Gasteiger partial charge in [-0.05, 0) is 42.7 Å². The molecule has 3 nitrogen and oxygen atoms in total. The number of pyridine rings is 1. The fraction of sp³-hybridized carbons (Fsp3) is 0.143. The summed E-state index contributed by atoms with van der Waals surface area (Å²) in [5.41, 5.74) is 2.81. The third-order valence-electron chi connectivity index (χ3n) is 2.56. The molecule has 0 spiro atoms. The summed E-state index contributed by atoms with van der Waals surface area (Å²) >= 11 is 0. The molecule has 0 aliphatic carbocycles. The number of hydrogen-bond donors (Lipinski definition) is 1. The molecule has 1 N–H and O–H groups in total. The van der Waals surface area contributed by atoms with Gasteiger partial charge in [0.25, 0.3) is 0 Å². The van der Waals surface area contributed by atoms with E-state index in [0.717, 1.165) is 18.5 Å². The fourth-order valence-corrected chi connectivity index (χ4v) is 1.58. The van der Waals surface area contributed by atoms with E-state index in [0.29, 0.717) is 5.56 Å². The van der Waals surface area contributed by atoms with E-state index in [1.807, 2.05) is 30.3 Å². The van der Waals surface area contributed by atoms with Crippen molar-refractivity contribution in [1.82, 2.24) is 4.98 Å². The Labute approximate surface area is 100.0 Å². The molecule has 0 saturated carbocycles. The molecule has 1 aromatic carbocycles. The highest BCUT2D eigenvalue weighted by Gasteiger charge is 1.98. The summed E-state index contributed by atoms with van der Waals surface area (Å²) < 4.78 is 0. The van der Waals surface area contributed by atoms with Crippen LogP contribution >= 0.6 is 0 Å². The number of nitriles is 1. The number of aromatic hydroxyl groups is 1. The quantitative estimate of drug-likeness (QED) is 0.871. The summed E-state index contributed by atoms with van der Waals surface area (Å²) in [6, 6.07) is 13.1. The number of rotatable bonds is 3. The largest absolute Gasteiger partial charge is 0.506 e. The Balaban J connectivity index is 1.98. The second-order valence-electron chi connectivity index (χ2n) is 3.82. The van der Waals surface area contributed by atoms with Crippen LogP contribution in [0.2, 0.25) is 0 Å². The molecule has 84 valence electrons. The summed E-state index contributed by atoms with van der Waals surface area (Å²) in [5.74, 6) is 0.187. The van der Waals surface area contributed by atoms with Gasteiger partial charge in [0.05, 0.1) is 17.8 Å². The van der Waals surface area contributed by atoms with E-state index in [9.17, 15) is 0 Å². The van der Waals surface area contributed by atoms with Crippen molar-refractivity contribution in [2.24, 2.45) is 0 Å². The van der Waals surface area contributed by atoms with Crippen LogP contribution in [0.5, 0.6) is 5.75 Å². The van der Waals surface area contributed by atoms with Gasteiger partial charge in [0.15, 0.2) is 0 Å². The van der Waals surface area contributed by atoms with E-state index in [1.54, 1.807) is 6.07 Å². The predicted octanol–water partition coefficient (Wildman–Crippen LogP) is 2.44. The van der Waals surface area contributed by atoms with E-state index in [-0.39, 0.29) is 5.75 Å². The third-order valence-corrected chi connectivity index (χ3v) is 2.56. The molecule has 0 atom stereocenters. The smallest absolute Gasteiger partial charge is 0.133 e. The topological polar surface area (TPSA) is 56.9 Å². The van der Waals surface area contributed by atoms with Crippen LogP contribution in [0.15, 0.2) is 42.6 Å². The zero-order valence-corrected chi connectivity index (χ0v) is 9.30. The summed E-state index contributed by atoms with van der Waals surface area (Å²) in [6.07, 6.45) is 3.16. The molecule has 0 bridgehead atoms. The van der Waals surface area contributed by atoms with E-state index >= 15 is 0 Å². The second kappa shape index (κ2) is 5.13. The first-order valence-electron chi connectivity index (χ1n) is 5.41. The van der Waals surface area contributed by atoms with Crippen molar-refractivity contribution < 1.29 is 5.11 Å². The average molecular weight is 224 g/mol. The zero-order valence-electron chi connectivity index (χ0n) is 9.30. The third kappa shape index (κ3) is 3.05. The lowest BCUT2D eigenvalue weighted by Crippen LogP contribution is -1.93. The normalized spacial score (nSPS) is 9.82. The Bertz CT molecular complexity index is 524. The van der Waals surface area contributed by atoms with Crippen LogP contribution in [0.4, 0.5) is 0 Å². The Kier molecular flexibility index (Phi) is 3.37. The molecular formula is C14H12N2O. The van der Waals surface area contributed by atoms with E-state index < -0.39 is 0 Å². The van der Waals surface area contributed by atoms with E-state index in [4.69, 9.17) is 10.4 Å². The van der Waals surface area contributed by atoms with Gasteiger partial charge in [0, 0.05) is 5.69 Å². The van der Waals surface area contributed by atoms with Gasteiger partial charge in [0.1, 0.15) is 5.75 Å². The SMILES string of the molecule is N#Cc1ccc(CCc2ccc(O)cn2)cc1. The van der Waals surface area contributed by atoms with E-state index in [1.165, 1.54) is 11.8 Å². The number of aryl methyl sites for hydroxylation is 2. The minimum atomic E-state index is 0.187. The molecular weight excluding hydrogens is 212 g/mol. The first-order valence-corrected chi connectivity index (χ1v) is 5.41. The number of aromatic nitrogens is 1. The van der Waals surface area contributed by atoms with Gasteiger partial charge in [0.2, 0.25) is 0 Å². The van der Waals surface area contributed by atoms with Crippen LogP contribution in [0.25, 0.3) is 0 Å². The second-order valence-corrected chi connectivity index (χ2v) is 3.82. The van der Waals surface area contributed by atoms with Crippen molar-refractivity contribution in [3.05, 3.63) is 59.4 Å². The summed E-state index contributed by atoms with van der Waals surface area (Å²) in [7, 11) is 0. The molecule has 2 rings (SSSR count).